The molecule has 0 bridgehead atoms. The van der Waals surface area contributed by atoms with Crippen LogP contribution in [0.2, 0.25) is 0 Å². The van der Waals surface area contributed by atoms with Crippen molar-refractivity contribution in [2.24, 2.45) is 0 Å². The molecule has 5 nitrogen and oxygen atoms in total. The normalized spacial score (nSPS) is 14.0. The number of benzene rings is 2. The predicted octanol–water partition coefficient (Wildman–Crippen LogP) is 5.55. The highest BCUT2D eigenvalue weighted by Crippen LogP contribution is 2.36. The van der Waals surface area contributed by atoms with E-state index < -0.39 is 0 Å². The van der Waals surface area contributed by atoms with Crippen molar-refractivity contribution in [2.45, 2.75) is 33.8 Å². The molecular formula is C25H24N2O3S. The number of amides is 2. The van der Waals surface area contributed by atoms with Crippen LogP contribution in [0.5, 0.6) is 5.75 Å². The van der Waals surface area contributed by atoms with E-state index in [1.54, 1.807) is 0 Å². The lowest BCUT2D eigenvalue weighted by Crippen LogP contribution is -2.32. The standard InChI is InChI=1S/C25H24N2O3S/c1-15(2)30-20-11-8-18(9-12-20)26-23-22(21-6-5-13-31-21)24(28)27(25(23)29)19-10-7-16(3)17(4)14-19/h5-15,26H,1-4H3. The van der Waals surface area contributed by atoms with Crippen LogP contribution in [0.1, 0.15) is 29.9 Å². The average molecular weight is 433 g/mol. The summed E-state index contributed by atoms with van der Waals surface area (Å²) >= 11 is 1.43. The number of rotatable bonds is 6. The van der Waals surface area contributed by atoms with Crippen molar-refractivity contribution >= 4 is 40.1 Å². The molecule has 0 radical (unpaired) electrons. The van der Waals surface area contributed by atoms with E-state index >= 15 is 0 Å². The number of hydrogen-bond acceptors (Lipinski definition) is 5. The van der Waals surface area contributed by atoms with Gasteiger partial charge in [-0.25, -0.2) is 4.90 Å². The number of thiophene rings is 1. The molecule has 3 aromatic rings. The summed E-state index contributed by atoms with van der Waals surface area (Å²) < 4.78 is 5.69. The first-order chi connectivity index (χ1) is 14.8. The zero-order valence-corrected chi connectivity index (χ0v) is 18.7. The van der Waals surface area contributed by atoms with Gasteiger partial charge in [-0.15, -0.1) is 11.3 Å². The van der Waals surface area contributed by atoms with Crippen molar-refractivity contribution in [1.29, 1.82) is 0 Å². The zero-order valence-electron chi connectivity index (χ0n) is 17.9. The van der Waals surface area contributed by atoms with Gasteiger partial charge in [0.25, 0.3) is 11.8 Å². The highest BCUT2D eigenvalue weighted by atomic mass is 32.1. The Balaban J connectivity index is 1.71. The molecule has 1 aromatic heterocycles. The van der Waals surface area contributed by atoms with Crippen LogP contribution in [0.3, 0.4) is 0 Å². The van der Waals surface area contributed by atoms with Crippen LogP contribution >= 0.6 is 11.3 Å². The molecular weight excluding hydrogens is 408 g/mol. The van der Waals surface area contributed by atoms with E-state index in [-0.39, 0.29) is 23.6 Å². The van der Waals surface area contributed by atoms with E-state index in [0.717, 1.165) is 21.8 Å². The lowest BCUT2D eigenvalue weighted by molar-refractivity contribution is -0.120. The van der Waals surface area contributed by atoms with E-state index in [0.29, 0.717) is 16.9 Å². The SMILES string of the molecule is Cc1ccc(N2C(=O)C(Nc3ccc(OC(C)C)cc3)=C(c3cccs3)C2=O)cc1C. The number of aryl methyl sites for hydroxylation is 2. The third-order valence-corrected chi connectivity index (χ3v) is 5.98. The van der Waals surface area contributed by atoms with Gasteiger partial charge in [0.1, 0.15) is 11.4 Å². The van der Waals surface area contributed by atoms with Crippen molar-refractivity contribution in [3.63, 3.8) is 0 Å². The fourth-order valence-electron chi connectivity index (χ4n) is 3.43. The number of nitrogens with zero attached hydrogens (tertiary/aromatic N) is 1. The molecule has 2 aromatic carbocycles. The van der Waals surface area contributed by atoms with Gasteiger partial charge in [0.05, 0.1) is 17.4 Å². The third-order valence-electron chi connectivity index (χ3n) is 5.10. The second kappa shape index (κ2) is 8.40. The summed E-state index contributed by atoms with van der Waals surface area (Å²) in [6.45, 7) is 7.90. The lowest BCUT2D eigenvalue weighted by Gasteiger charge is -2.17. The van der Waals surface area contributed by atoms with Crippen molar-refractivity contribution in [3.05, 3.63) is 81.7 Å². The smallest absolute Gasteiger partial charge is 0.282 e. The van der Waals surface area contributed by atoms with E-state index in [2.05, 4.69) is 5.32 Å². The Bertz CT molecular complexity index is 1160. The van der Waals surface area contributed by atoms with Crippen LogP contribution in [0.4, 0.5) is 11.4 Å². The molecule has 158 valence electrons. The van der Waals surface area contributed by atoms with E-state index in [4.69, 9.17) is 4.74 Å². The fourth-order valence-corrected chi connectivity index (χ4v) is 4.20. The Labute approximate surface area is 186 Å². The van der Waals surface area contributed by atoms with Gasteiger partial charge in [0.2, 0.25) is 0 Å². The first-order valence-corrected chi connectivity index (χ1v) is 11.0. The maximum atomic E-state index is 13.4. The van der Waals surface area contributed by atoms with Crippen LogP contribution in [0, 0.1) is 13.8 Å². The van der Waals surface area contributed by atoms with E-state index in [1.807, 2.05) is 87.7 Å². The summed E-state index contributed by atoms with van der Waals surface area (Å²) in [5.41, 5.74) is 4.09. The molecule has 4 rings (SSSR count). The Morgan fingerprint density at radius 1 is 0.935 bits per heavy atom. The number of hydrogen-bond donors (Lipinski definition) is 1. The van der Waals surface area contributed by atoms with Crippen LogP contribution in [-0.2, 0) is 9.59 Å². The molecule has 0 unspecified atom stereocenters. The Kier molecular flexibility index (Phi) is 5.65. The number of nitrogens with one attached hydrogen (secondary N) is 1. The Morgan fingerprint density at radius 2 is 1.68 bits per heavy atom. The minimum Gasteiger partial charge on any atom is -0.491 e. The summed E-state index contributed by atoms with van der Waals surface area (Å²) in [6.07, 6.45) is 0.0764. The van der Waals surface area contributed by atoms with Crippen LogP contribution in [0.15, 0.2) is 65.7 Å². The molecule has 1 aliphatic rings. The van der Waals surface area contributed by atoms with Crippen molar-refractivity contribution < 1.29 is 14.3 Å². The Hall–Kier alpha value is -3.38. The highest BCUT2D eigenvalue weighted by molar-refractivity contribution is 7.11. The number of carbonyl (C=O) groups is 2. The third kappa shape index (κ3) is 4.11. The molecule has 31 heavy (non-hydrogen) atoms. The van der Waals surface area contributed by atoms with Gasteiger partial charge < -0.3 is 10.1 Å². The minimum absolute atomic E-state index is 0.0764. The highest BCUT2D eigenvalue weighted by Gasteiger charge is 2.40. The van der Waals surface area contributed by atoms with Crippen molar-refractivity contribution in [3.8, 4) is 5.75 Å². The predicted molar refractivity (Wildman–Crippen MR) is 125 cm³/mol. The zero-order chi connectivity index (χ0) is 22.1. The largest absolute Gasteiger partial charge is 0.491 e. The number of ether oxygens (including phenoxy) is 1. The van der Waals surface area contributed by atoms with Gasteiger partial charge in [-0.2, -0.15) is 0 Å². The number of imide groups is 1. The summed E-state index contributed by atoms with van der Waals surface area (Å²) in [5.74, 6) is 0.0655. The molecule has 1 aliphatic heterocycles. The van der Waals surface area contributed by atoms with Gasteiger partial charge in [-0.1, -0.05) is 12.1 Å². The summed E-state index contributed by atoms with van der Waals surface area (Å²) in [5, 5.41) is 5.08. The van der Waals surface area contributed by atoms with Crippen molar-refractivity contribution in [2.75, 3.05) is 10.2 Å². The molecule has 0 aliphatic carbocycles. The minimum atomic E-state index is -0.362. The van der Waals surface area contributed by atoms with Crippen LogP contribution in [0.25, 0.3) is 5.57 Å². The topological polar surface area (TPSA) is 58.6 Å². The summed E-state index contributed by atoms with van der Waals surface area (Å²) in [6, 6.07) is 16.7. The van der Waals surface area contributed by atoms with Gasteiger partial charge in [0, 0.05) is 10.6 Å². The molecule has 1 N–H and O–H groups in total. The number of anilines is 2. The van der Waals surface area contributed by atoms with Crippen LogP contribution < -0.4 is 15.0 Å². The fraction of sp³-hybridized carbons (Fsp3) is 0.200. The van der Waals surface area contributed by atoms with Crippen molar-refractivity contribution in [1.82, 2.24) is 0 Å². The monoisotopic (exact) mass is 432 g/mol. The maximum Gasteiger partial charge on any atom is 0.282 e. The van der Waals surface area contributed by atoms with E-state index in [9.17, 15) is 9.59 Å². The molecule has 0 fully saturated rings. The van der Waals surface area contributed by atoms with Gasteiger partial charge in [-0.05, 0) is 86.7 Å². The molecule has 2 amide bonds. The second-order valence-corrected chi connectivity index (χ2v) is 8.71. The lowest BCUT2D eigenvalue weighted by atomic mass is 10.1. The molecule has 0 atom stereocenters. The van der Waals surface area contributed by atoms with Gasteiger partial charge in [0.15, 0.2) is 0 Å². The molecule has 0 saturated carbocycles. The summed E-state index contributed by atoms with van der Waals surface area (Å²) in [4.78, 5) is 28.8. The molecule has 2 heterocycles. The second-order valence-electron chi connectivity index (χ2n) is 7.76. The maximum absolute atomic E-state index is 13.4. The molecule has 0 spiro atoms. The quantitative estimate of drug-likeness (QED) is 0.519. The molecule has 6 heteroatoms. The van der Waals surface area contributed by atoms with Gasteiger partial charge >= 0.3 is 0 Å². The molecule has 0 saturated heterocycles. The first kappa shape index (κ1) is 20.9. The number of carbonyl (C=O) groups excluding carboxylic acids is 2. The summed E-state index contributed by atoms with van der Waals surface area (Å²) in [7, 11) is 0. The van der Waals surface area contributed by atoms with Gasteiger partial charge in [-0.3, -0.25) is 9.59 Å². The van der Waals surface area contributed by atoms with E-state index in [1.165, 1.54) is 16.2 Å². The average Bonchev–Trinajstić information content (AvgIpc) is 3.32. The van der Waals surface area contributed by atoms with Crippen LogP contribution in [-0.4, -0.2) is 17.9 Å². The Morgan fingerprint density at radius 3 is 2.29 bits per heavy atom. The first-order valence-electron chi connectivity index (χ1n) is 10.1.